The third kappa shape index (κ3) is 2.05. The summed E-state index contributed by atoms with van der Waals surface area (Å²) in [7, 11) is 0. The van der Waals surface area contributed by atoms with Gasteiger partial charge in [0.25, 0.3) is 0 Å². The predicted molar refractivity (Wildman–Crippen MR) is 72.5 cm³/mol. The average Bonchev–Trinajstić information content (AvgIpc) is 3.07. The minimum atomic E-state index is -0.490. The minimum absolute atomic E-state index is 0.0478. The Bertz CT molecular complexity index is 604. The Labute approximate surface area is 117 Å². The molecule has 1 atom stereocenters. The number of nitrogens with zero attached hydrogens (tertiary/aromatic N) is 1. The average molecular weight is 269 g/mol. The molecule has 1 N–H and O–H groups in total. The molecule has 1 saturated carbocycles. The number of rotatable bonds is 2. The van der Waals surface area contributed by atoms with E-state index in [1.807, 2.05) is 6.07 Å². The summed E-state index contributed by atoms with van der Waals surface area (Å²) in [5.74, 6) is -0.189. The van der Waals surface area contributed by atoms with Gasteiger partial charge in [0.2, 0.25) is 0 Å². The Hall–Kier alpha value is -2.28. The number of ether oxygens (including phenoxy) is 1. The number of carbonyl (C=O) groups is 1. The zero-order valence-electron chi connectivity index (χ0n) is 11.0. The highest BCUT2D eigenvalue weighted by Gasteiger charge is 2.40. The van der Waals surface area contributed by atoms with Gasteiger partial charge in [-0.25, -0.2) is 4.79 Å². The van der Waals surface area contributed by atoms with Gasteiger partial charge < -0.3 is 9.84 Å². The summed E-state index contributed by atoms with van der Waals surface area (Å²) in [5.41, 5.74) is 1.37. The molecule has 2 aliphatic rings. The van der Waals surface area contributed by atoms with E-state index in [2.05, 4.69) is 0 Å². The molecule has 20 heavy (non-hydrogen) atoms. The topological polar surface area (TPSA) is 70.3 Å². The van der Waals surface area contributed by atoms with E-state index in [0.717, 1.165) is 25.7 Å². The standard InChI is InChI=1S/C16H15NO3/c17-9-10-5-7-11(8-6-10)13-14(18)15(20-16(13)19)12-3-1-2-4-12/h5-8,12,15,18H,1-4H2. The van der Waals surface area contributed by atoms with Crippen LogP contribution in [0.3, 0.4) is 0 Å². The summed E-state index contributed by atoms with van der Waals surface area (Å²) in [6, 6.07) is 8.63. The van der Waals surface area contributed by atoms with Crippen molar-refractivity contribution in [1.82, 2.24) is 0 Å². The number of esters is 1. The second kappa shape index (κ2) is 5.01. The van der Waals surface area contributed by atoms with Gasteiger partial charge in [-0.3, -0.25) is 0 Å². The largest absolute Gasteiger partial charge is 0.507 e. The molecule has 0 saturated heterocycles. The molecule has 1 aliphatic carbocycles. The summed E-state index contributed by atoms with van der Waals surface area (Å²) in [5, 5.41) is 19.1. The maximum atomic E-state index is 12.0. The van der Waals surface area contributed by atoms with Gasteiger partial charge in [-0.1, -0.05) is 25.0 Å². The Kier molecular flexibility index (Phi) is 3.19. The zero-order chi connectivity index (χ0) is 14.1. The first-order valence-corrected chi connectivity index (χ1v) is 6.85. The molecular formula is C16H15NO3. The monoisotopic (exact) mass is 269 g/mol. The van der Waals surface area contributed by atoms with Gasteiger partial charge >= 0.3 is 5.97 Å². The van der Waals surface area contributed by atoms with E-state index in [-0.39, 0.29) is 17.3 Å². The minimum Gasteiger partial charge on any atom is -0.507 e. The fourth-order valence-electron chi connectivity index (χ4n) is 3.03. The van der Waals surface area contributed by atoms with E-state index in [1.165, 1.54) is 0 Å². The molecule has 0 amide bonds. The summed E-state index contributed by atoms with van der Waals surface area (Å²) in [4.78, 5) is 12.0. The van der Waals surface area contributed by atoms with Crippen LogP contribution in [0.15, 0.2) is 30.0 Å². The SMILES string of the molecule is N#Cc1ccc(C2=C(O)C(C3CCCC3)OC2=O)cc1. The molecule has 1 aliphatic heterocycles. The number of aliphatic hydroxyl groups excluding tert-OH is 1. The Morgan fingerprint density at radius 1 is 1.20 bits per heavy atom. The Balaban J connectivity index is 1.93. The molecular weight excluding hydrogens is 254 g/mol. The van der Waals surface area contributed by atoms with E-state index in [9.17, 15) is 9.90 Å². The summed E-state index contributed by atoms with van der Waals surface area (Å²) < 4.78 is 5.35. The van der Waals surface area contributed by atoms with Crippen molar-refractivity contribution in [3.63, 3.8) is 0 Å². The van der Waals surface area contributed by atoms with Gasteiger partial charge in [0.15, 0.2) is 6.10 Å². The molecule has 102 valence electrons. The number of cyclic esters (lactones) is 1. The third-order valence-corrected chi connectivity index (χ3v) is 4.09. The molecule has 0 spiro atoms. The molecule has 4 heteroatoms. The number of nitriles is 1. The van der Waals surface area contributed by atoms with Gasteiger partial charge in [0.1, 0.15) is 11.3 Å². The highest BCUT2D eigenvalue weighted by Crippen LogP contribution is 2.38. The quantitative estimate of drug-likeness (QED) is 0.838. The van der Waals surface area contributed by atoms with Crippen LogP contribution in [0.4, 0.5) is 0 Å². The summed E-state index contributed by atoms with van der Waals surface area (Å²) in [6.45, 7) is 0. The van der Waals surface area contributed by atoms with Gasteiger partial charge in [0, 0.05) is 5.92 Å². The van der Waals surface area contributed by atoms with Crippen molar-refractivity contribution in [2.24, 2.45) is 5.92 Å². The van der Waals surface area contributed by atoms with E-state index in [1.54, 1.807) is 24.3 Å². The first-order chi connectivity index (χ1) is 9.70. The maximum absolute atomic E-state index is 12.0. The third-order valence-electron chi connectivity index (χ3n) is 4.09. The molecule has 3 rings (SSSR count). The zero-order valence-corrected chi connectivity index (χ0v) is 11.0. The van der Waals surface area contributed by atoms with Crippen LogP contribution in [0.2, 0.25) is 0 Å². The molecule has 0 bridgehead atoms. The Morgan fingerprint density at radius 2 is 1.85 bits per heavy atom. The Morgan fingerprint density at radius 3 is 2.45 bits per heavy atom. The molecule has 1 heterocycles. The van der Waals surface area contributed by atoms with Crippen LogP contribution in [0.5, 0.6) is 0 Å². The maximum Gasteiger partial charge on any atom is 0.343 e. The van der Waals surface area contributed by atoms with Crippen LogP contribution in [0, 0.1) is 17.2 Å². The molecule has 0 radical (unpaired) electrons. The van der Waals surface area contributed by atoms with Crippen molar-refractivity contribution in [3.05, 3.63) is 41.2 Å². The van der Waals surface area contributed by atoms with Crippen molar-refractivity contribution in [3.8, 4) is 6.07 Å². The van der Waals surface area contributed by atoms with Crippen LogP contribution < -0.4 is 0 Å². The fraction of sp³-hybridized carbons (Fsp3) is 0.375. The molecule has 1 aromatic carbocycles. The van der Waals surface area contributed by atoms with Crippen molar-refractivity contribution in [2.45, 2.75) is 31.8 Å². The second-order valence-electron chi connectivity index (χ2n) is 5.32. The number of hydrogen-bond donors (Lipinski definition) is 1. The van der Waals surface area contributed by atoms with Crippen molar-refractivity contribution < 1.29 is 14.6 Å². The normalized spacial score (nSPS) is 22.9. The van der Waals surface area contributed by atoms with E-state index in [4.69, 9.17) is 10.00 Å². The lowest BCUT2D eigenvalue weighted by molar-refractivity contribution is -0.140. The van der Waals surface area contributed by atoms with Crippen molar-refractivity contribution in [2.75, 3.05) is 0 Å². The van der Waals surface area contributed by atoms with Crippen LogP contribution in [0.1, 0.15) is 36.8 Å². The lowest BCUT2D eigenvalue weighted by Gasteiger charge is -2.16. The fourth-order valence-corrected chi connectivity index (χ4v) is 3.03. The molecule has 4 nitrogen and oxygen atoms in total. The van der Waals surface area contributed by atoms with Crippen LogP contribution in [0.25, 0.3) is 5.57 Å². The molecule has 1 unspecified atom stereocenters. The molecule has 0 aromatic heterocycles. The van der Waals surface area contributed by atoms with E-state index >= 15 is 0 Å². The number of benzene rings is 1. The lowest BCUT2D eigenvalue weighted by atomic mass is 9.96. The van der Waals surface area contributed by atoms with Crippen molar-refractivity contribution in [1.29, 1.82) is 5.26 Å². The van der Waals surface area contributed by atoms with Gasteiger partial charge in [-0.05, 0) is 30.5 Å². The van der Waals surface area contributed by atoms with Gasteiger partial charge in [0.05, 0.1) is 11.6 Å². The predicted octanol–water partition coefficient (Wildman–Crippen LogP) is 2.94. The number of carbonyl (C=O) groups excluding carboxylic acids is 1. The molecule has 1 fully saturated rings. The highest BCUT2D eigenvalue weighted by atomic mass is 16.6. The molecule has 1 aromatic rings. The van der Waals surface area contributed by atoms with E-state index in [0.29, 0.717) is 11.1 Å². The van der Waals surface area contributed by atoms with Gasteiger partial charge in [-0.2, -0.15) is 5.26 Å². The lowest BCUT2D eigenvalue weighted by Crippen LogP contribution is -2.21. The first kappa shape index (κ1) is 12.7. The van der Waals surface area contributed by atoms with Gasteiger partial charge in [-0.15, -0.1) is 0 Å². The van der Waals surface area contributed by atoms with Crippen molar-refractivity contribution >= 4 is 11.5 Å². The highest BCUT2D eigenvalue weighted by molar-refractivity contribution is 6.19. The number of aliphatic hydroxyl groups is 1. The summed E-state index contributed by atoms with van der Waals surface area (Å²) in [6.07, 6.45) is 3.73. The van der Waals surface area contributed by atoms with E-state index < -0.39 is 12.1 Å². The smallest absolute Gasteiger partial charge is 0.343 e. The summed E-state index contributed by atoms with van der Waals surface area (Å²) >= 11 is 0. The van der Waals surface area contributed by atoms with Crippen LogP contribution >= 0.6 is 0 Å². The van der Waals surface area contributed by atoms with Crippen LogP contribution in [-0.4, -0.2) is 17.2 Å². The number of hydrogen-bond acceptors (Lipinski definition) is 4. The first-order valence-electron chi connectivity index (χ1n) is 6.85. The second-order valence-corrected chi connectivity index (χ2v) is 5.32. The van der Waals surface area contributed by atoms with Crippen LogP contribution in [-0.2, 0) is 9.53 Å².